The minimum absolute atomic E-state index is 0.0175. The van der Waals surface area contributed by atoms with Crippen molar-refractivity contribution in [2.45, 2.75) is 43.6 Å². The van der Waals surface area contributed by atoms with Crippen LogP contribution in [0.5, 0.6) is 0 Å². The third-order valence-corrected chi connectivity index (χ3v) is 5.91. The van der Waals surface area contributed by atoms with Crippen molar-refractivity contribution in [3.63, 3.8) is 0 Å². The van der Waals surface area contributed by atoms with Crippen molar-refractivity contribution in [3.05, 3.63) is 16.1 Å². The van der Waals surface area contributed by atoms with Gasteiger partial charge in [-0.2, -0.15) is 0 Å². The molecule has 22 heavy (non-hydrogen) atoms. The van der Waals surface area contributed by atoms with E-state index in [1.54, 1.807) is 11.3 Å². The first kappa shape index (κ1) is 16.2. The molecule has 1 saturated carbocycles. The molecule has 0 amide bonds. The molecule has 0 bridgehead atoms. The van der Waals surface area contributed by atoms with Crippen molar-refractivity contribution in [2.75, 3.05) is 32.8 Å². The highest BCUT2D eigenvalue weighted by molar-refractivity contribution is 7.11. The van der Waals surface area contributed by atoms with Gasteiger partial charge >= 0.3 is 0 Å². The van der Waals surface area contributed by atoms with E-state index in [9.17, 15) is 8.78 Å². The summed E-state index contributed by atoms with van der Waals surface area (Å²) in [5.41, 5.74) is 5.96. The lowest BCUT2D eigenvalue weighted by molar-refractivity contribution is -0.0382. The molecule has 4 nitrogen and oxygen atoms in total. The van der Waals surface area contributed by atoms with Gasteiger partial charge in [0.1, 0.15) is 0 Å². The molecule has 0 aromatic carbocycles. The largest absolute Gasteiger partial charge is 0.379 e. The van der Waals surface area contributed by atoms with E-state index in [2.05, 4.69) is 9.88 Å². The molecule has 3 rings (SSSR count). The number of halogens is 2. The van der Waals surface area contributed by atoms with Crippen LogP contribution in [-0.4, -0.2) is 48.7 Å². The summed E-state index contributed by atoms with van der Waals surface area (Å²) in [6.07, 6.45) is 2.92. The number of ether oxygens (including phenoxy) is 1. The summed E-state index contributed by atoms with van der Waals surface area (Å²) in [4.78, 5) is 7.99. The molecule has 2 N–H and O–H groups in total. The van der Waals surface area contributed by atoms with Crippen LogP contribution >= 0.6 is 11.3 Å². The summed E-state index contributed by atoms with van der Waals surface area (Å²) >= 11 is 1.65. The normalized spacial score (nSPS) is 25.2. The topological polar surface area (TPSA) is 51.4 Å². The number of thiazole rings is 1. The highest BCUT2D eigenvalue weighted by Crippen LogP contribution is 2.42. The molecular weight excluding hydrogens is 308 g/mol. The Morgan fingerprint density at radius 3 is 2.68 bits per heavy atom. The minimum Gasteiger partial charge on any atom is -0.379 e. The van der Waals surface area contributed by atoms with Gasteiger partial charge < -0.3 is 10.5 Å². The highest BCUT2D eigenvalue weighted by atomic mass is 32.1. The monoisotopic (exact) mass is 331 g/mol. The third kappa shape index (κ3) is 3.64. The molecule has 124 valence electrons. The third-order valence-electron chi connectivity index (χ3n) is 4.65. The summed E-state index contributed by atoms with van der Waals surface area (Å²) in [6.45, 7) is 3.78. The molecule has 1 saturated heterocycles. The fourth-order valence-electron chi connectivity index (χ4n) is 3.26. The van der Waals surface area contributed by atoms with Gasteiger partial charge in [-0.15, -0.1) is 11.3 Å². The van der Waals surface area contributed by atoms with E-state index < -0.39 is 5.92 Å². The predicted octanol–water partition coefficient (Wildman–Crippen LogP) is 2.77. The first-order valence-corrected chi connectivity index (χ1v) is 8.76. The Labute approximate surface area is 133 Å². The van der Waals surface area contributed by atoms with E-state index >= 15 is 0 Å². The first-order chi connectivity index (χ1) is 10.6. The first-order valence-electron chi connectivity index (χ1n) is 7.94. The summed E-state index contributed by atoms with van der Waals surface area (Å²) in [7, 11) is 0. The molecule has 1 aromatic heterocycles. The van der Waals surface area contributed by atoms with Crippen LogP contribution in [-0.2, 0) is 4.74 Å². The lowest BCUT2D eigenvalue weighted by Crippen LogP contribution is -2.41. The number of hydrogen-bond acceptors (Lipinski definition) is 5. The quantitative estimate of drug-likeness (QED) is 0.922. The van der Waals surface area contributed by atoms with Crippen molar-refractivity contribution in [3.8, 4) is 0 Å². The second kappa shape index (κ2) is 6.86. The average molecular weight is 331 g/mol. The minimum atomic E-state index is -2.48. The SMILES string of the molecule is NCC(c1cnc(C2CCC(F)(F)CC2)s1)N1CCOCC1. The van der Waals surface area contributed by atoms with Gasteiger partial charge in [0.15, 0.2) is 0 Å². The van der Waals surface area contributed by atoms with E-state index in [-0.39, 0.29) is 24.8 Å². The number of morpholine rings is 1. The van der Waals surface area contributed by atoms with E-state index in [1.165, 1.54) is 0 Å². The fourth-order valence-corrected chi connectivity index (χ4v) is 4.50. The van der Waals surface area contributed by atoms with E-state index in [0.29, 0.717) is 19.4 Å². The Hall–Kier alpha value is -0.630. The predicted molar refractivity (Wildman–Crippen MR) is 82.5 cm³/mol. The van der Waals surface area contributed by atoms with Crippen LogP contribution < -0.4 is 5.73 Å². The van der Waals surface area contributed by atoms with E-state index in [4.69, 9.17) is 10.5 Å². The number of aromatic nitrogens is 1. The van der Waals surface area contributed by atoms with Gasteiger partial charge in [-0.1, -0.05) is 0 Å². The Kier molecular flexibility index (Phi) is 5.07. The van der Waals surface area contributed by atoms with Gasteiger partial charge in [-0.25, -0.2) is 13.8 Å². The number of nitrogens with two attached hydrogens (primary N) is 1. The summed E-state index contributed by atoms with van der Waals surface area (Å²) < 4.78 is 31.9. The zero-order chi connectivity index (χ0) is 15.6. The van der Waals surface area contributed by atoms with Crippen molar-refractivity contribution in [2.24, 2.45) is 5.73 Å². The Bertz CT molecular complexity index is 481. The molecular formula is C15H23F2N3OS. The number of nitrogens with zero attached hydrogens (tertiary/aromatic N) is 2. The maximum atomic E-state index is 13.3. The summed E-state index contributed by atoms with van der Waals surface area (Å²) in [5, 5.41) is 0.997. The standard InChI is InChI=1S/C15H23F2N3OS/c16-15(17)3-1-11(2-4-15)14-19-10-13(22-14)12(9-18)20-5-7-21-8-6-20/h10-12H,1-9,18H2. The Balaban J connectivity index is 1.67. The van der Waals surface area contributed by atoms with Gasteiger partial charge in [-0.05, 0) is 12.8 Å². The molecule has 2 heterocycles. The Morgan fingerprint density at radius 2 is 2.05 bits per heavy atom. The van der Waals surface area contributed by atoms with Crippen LogP contribution in [0.3, 0.4) is 0 Å². The molecule has 0 spiro atoms. The molecule has 1 unspecified atom stereocenters. The second-order valence-corrected chi connectivity index (χ2v) is 7.22. The zero-order valence-electron chi connectivity index (χ0n) is 12.6. The van der Waals surface area contributed by atoms with Crippen molar-refractivity contribution in [1.29, 1.82) is 0 Å². The zero-order valence-corrected chi connectivity index (χ0v) is 13.5. The number of rotatable bonds is 4. The summed E-state index contributed by atoms with van der Waals surface area (Å²) in [6, 6.07) is 0.167. The van der Waals surface area contributed by atoms with Crippen molar-refractivity contribution < 1.29 is 13.5 Å². The molecule has 0 radical (unpaired) electrons. The number of hydrogen-bond donors (Lipinski definition) is 1. The second-order valence-electron chi connectivity index (χ2n) is 6.13. The average Bonchev–Trinajstić information content (AvgIpc) is 2.99. The van der Waals surface area contributed by atoms with Gasteiger partial charge in [0.05, 0.1) is 24.3 Å². The molecule has 1 aliphatic carbocycles. The fraction of sp³-hybridized carbons (Fsp3) is 0.800. The van der Waals surface area contributed by atoms with E-state index in [1.807, 2.05) is 6.20 Å². The molecule has 7 heteroatoms. The van der Waals surface area contributed by atoms with Crippen molar-refractivity contribution >= 4 is 11.3 Å². The van der Waals surface area contributed by atoms with Crippen LogP contribution in [0.1, 0.15) is 47.5 Å². The van der Waals surface area contributed by atoms with E-state index in [0.717, 1.165) is 36.2 Å². The van der Waals surface area contributed by atoms with Crippen LogP contribution in [0.4, 0.5) is 8.78 Å². The maximum absolute atomic E-state index is 13.3. The van der Waals surface area contributed by atoms with Gasteiger partial charge in [0.25, 0.3) is 0 Å². The van der Waals surface area contributed by atoms with Gasteiger partial charge in [0, 0.05) is 49.5 Å². The maximum Gasteiger partial charge on any atom is 0.248 e. The number of alkyl halides is 2. The Morgan fingerprint density at radius 1 is 1.36 bits per heavy atom. The van der Waals surface area contributed by atoms with Gasteiger partial charge in [0.2, 0.25) is 5.92 Å². The van der Waals surface area contributed by atoms with Crippen molar-refractivity contribution in [1.82, 2.24) is 9.88 Å². The lowest BCUT2D eigenvalue weighted by Gasteiger charge is -2.33. The molecule has 2 aliphatic rings. The molecule has 1 atom stereocenters. The smallest absolute Gasteiger partial charge is 0.248 e. The van der Waals surface area contributed by atoms with Crippen LogP contribution in [0, 0.1) is 0 Å². The van der Waals surface area contributed by atoms with Gasteiger partial charge in [-0.3, -0.25) is 4.90 Å². The van der Waals surface area contributed by atoms with Crippen LogP contribution in [0.15, 0.2) is 6.20 Å². The molecule has 2 fully saturated rings. The molecule has 1 aromatic rings. The van der Waals surface area contributed by atoms with Crippen LogP contribution in [0.2, 0.25) is 0 Å². The summed E-state index contributed by atoms with van der Waals surface area (Å²) in [5.74, 6) is -2.30. The highest BCUT2D eigenvalue weighted by Gasteiger charge is 2.36. The molecule has 1 aliphatic heterocycles. The lowest BCUT2D eigenvalue weighted by atomic mass is 9.87. The van der Waals surface area contributed by atoms with Crippen LogP contribution in [0.25, 0.3) is 0 Å².